The maximum Gasteiger partial charge on any atom is 0.343 e. The summed E-state index contributed by atoms with van der Waals surface area (Å²) in [5.41, 5.74) is 1.05. The van der Waals surface area contributed by atoms with Gasteiger partial charge in [-0.1, -0.05) is 0 Å². The summed E-state index contributed by atoms with van der Waals surface area (Å²) in [5, 5.41) is 0. The Morgan fingerprint density at radius 1 is 1.35 bits per heavy atom. The highest BCUT2D eigenvalue weighted by atomic mass is 16.5. The molecule has 0 amide bonds. The fourth-order valence-corrected chi connectivity index (χ4v) is 1.09. The van der Waals surface area contributed by atoms with Crippen molar-refractivity contribution >= 4 is 17.5 Å². The fraction of sp³-hybridized carbons (Fsp3) is 0.308. The molecule has 4 heteroatoms. The molecule has 0 aliphatic rings. The molecule has 0 N–H and O–H groups in total. The third kappa shape index (κ3) is 4.13. The van der Waals surface area contributed by atoms with E-state index in [0.29, 0.717) is 17.9 Å². The molecule has 17 heavy (non-hydrogen) atoms. The predicted molar refractivity (Wildman–Crippen MR) is 65.9 cm³/mol. The number of benzene rings is 1. The number of methoxy groups -OCH3 is 1. The number of hydrogen-bond donors (Lipinski definition) is 0. The molecule has 0 aliphatic heterocycles. The van der Waals surface area contributed by atoms with Gasteiger partial charge in [-0.05, 0) is 44.0 Å². The summed E-state index contributed by atoms with van der Waals surface area (Å²) in [6.07, 6.45) is 0. The zero-order chi connectivity index (χ0) is 12.7. The van der Waals surface area contributed by atoms with Crippen LogP contribution in [0.15, 0.2) is 34.8 Å². The Balaban J connectivity index is 2.81. The number of nitrogens with zero attached hydrogens (tertiary/aromatic N) is 1. The minimum Gasteiger partial charge on any atom is -0.497 e. The van der Waals surface area contributed by atoms with Crippen molar-refractivity contribution in [2.24, 2.45) is 4.99 Å². The van der Waals surface area contributed by atoms with E-state index in [1.54, 1.807) is 45.2 Å². The van der Waals surface area contributed by atoms with Gasteiger partial charge in [0.2, 0.25) is 0 Å². The van der Waals surface area contributed by atoms with E-state index < -0.39 is 5.97 Å². The van der Waals surface area contributed by atoms with E-state index >= 15 is 0 Å². The SMILES string of the molecule is CCOC(=O)C(C)=C=Nc1ccc(OC)cc1. The Labute approximate surface area is 101 Å². The molecule has 1 aromatic rings. The summed E-state index contributed by atoms with van der Waals surface area (Å²) in [6, 6.07) is 7.15. The number of rotatable bonds is 4. The lowest BCUT2D eigenvalue weighted by molar-refractivity contribution is -0.138. The highest BCUT2D eigenvalue weighted by molar-refractivity contribution is 5.97. The van der Waals surface area contributed by atoms with Crippen LogP contribution in [0.25, 0.3) is 0 Å². The van der Waals surface area contributed by atoms with Crippen molar-refractivity contribution in [2.45, 2.75) is 13.8 Å². The van der Waals surface area contributed by atoms with E-state index in [9.17, 15) is 4.79 Å². The number of esters is 1. The van der Waals surface area contributed by atoms with E-state index in [1.807, 2.05) is 0 Å². The van der Waals surface area contributed by atoms with E-state index in [4.69, 9.17) is 9.47 Å². The molecule has 0 spiro atoms. The number of carbonyl (C=O) groups is 1. The molecule has 4 nitrogen and oxygen atoms in total. The summed E-state index contributed by atoms with van der Waals surface area (Å²) in [4.78, 5) is 15.3. The smallest absolute Gasteiger partial charge is 0.343 e. The Bertz CT molecular complexity index is 442. The second-order valence-electron chi connectivity index (χ2n) is 3.27. The van der Waals surface area contributed by atoms with Gasteiger partial charge < -0.3 is 9.47 Å². The zero-order valence-corrected chi connectivity index (χ0v) is 10.2. The minimum atomic E-state index is -0.398. The van der Waals surface area contributed by atoms with Gasteiger partial charge in [0.1, 0.15) is 5.75 Å². The molecule has 90 valence electrons. The van der Waals surface area contributed by atoms with Gasteiger partial charge in [-0.2, -0.15) is 0 Å². The van der Waals surface area contributed by atoms with E-state index in [2.05, 4.69) is 10.9 Å². The van der Waals surface area contributed by atoms with Crippen LogP contribution in [0.2, 0.25) is 0 Å². The Hall–Kier alpha value is -2.06. The topological polar surface area (TPSA) is 47.9 Å². The van der Waals surface area contributed by atoms with Crippen LogP contribution in [0.5, 0.6) is 5.75 Å². The van der Waals surface area contributed by atoms with Crippen LogP contribution >= 0.6 is 0 Å². The number of hydrogen-bond acceptors (Lipinski definition) is 4. The summed E-state index contributed by atoms with van der Waals surface area (Å²) in [5.74, 6) is 3.01. The van der Waals surface area contributed by atoms with Gasteiger partial charge in [0.15, 0.2) is 0 Å². The second kappa shape index (κ2) is 6.51. The highest BCUT2D eigenvalue weighted by Crippen LogP contribution is 2.16. The van der Waals surface area contributed by atoms with E-state index in [0.717, 1.165) is 5.75 Å². The van der Waals surface area contributed by atoms with Gasteiger partial charge >= 0.3 is 5.97 Å². The van der Waals surface area contributed by atoms with Crippen molar-refractivity contribution in [1.82, 2.24) is 0 Å². The quantitative estimate of drug-likeness (QED) is 0.456. The molecule has 0 bridgehead atoms. The van der Waals surface area contributed by atoms with Gasteiger partial charge in [-0.3, -0.25) is 0 Å². The van der Waals surface area contributed by atoms with Gasteiger partial charge in [-0.15, -0.1) is 0 Å². The molecule has 0 unspecified atom stereocenters. The molecule has 0 atom stereocenters. The van der Waals surface area contributed by atoms with Crippen LogP contribution in [0.1, 0.15) is 13.8 Å². The lowest BCUT2D eigenvalue weighted by Crippen LogP contribution is -2.05. The maximum atomic E-state index is 11.3. The molecule has 0 saturated heterocycles. The number of aliphatic imine (C=N–C) groups is 1. The summed E-state index contributed by atoms with van der Waals surface area (Å²) >= 11 is 0. The van der Waals surface area contributed by atoms with Crippen molar-refractivity contribution in [2.75, 3.05) is 13.7 Å². The molecular formula is C13H15NO3. The van der Waals surface area contributed by atoms with Crippen LogP contribution < -0.4 is 4.74 Å². The van der Waals surface area contributed by atoms with Crippen molar-refractivity contribution in [1.29, 1.82) is 0 Å². The van der Waals surface area contributed by atoms with Crippen molar-refractivity contribution in [3.63, 3.8) is 0 Å². The molecule has 0 heterocycles. The summed E-state index contributed by atoms with van der Waals surface area (Å²) in [6.45, 7) is 3.72. The first-order valence-corrected chi connectivity index (χ1v) is 5.28. The zero-order valence-electron chi connectivity index (χ0n) is 10.2. The first-order chi connectivity index (χ1) is 8.17. The molecular weight excluding hydrogens is 218 g/mol. The molecule has 0 saturated carbocycles. The van der Waals surface area contributed by atoms with Crippen molar-refractivity contribution < 1.29 is 14.3 Å². The van der Waals surface area contributed by atoms with Gasteiger partial charge in [0.25, 0.3) is 0 Å². The maximum absolute atomic E-state index is 11.3. The van der Waals surface area contributed by atoms with E-state index in [1.165, 1.54) is 0 Å². The van der Waals surface area contributed by atoms with Crippen LogP contribution in [0, 0.1) is 0 Å². The van der Waals surface area contributed by atoms with Gasteiger partial charge in [-0.25, -0.2) is 9.79 Å². The first-order valence-electron chi connectivity index (χ1n) is 5.28. The first kappa shape index (κ1) is 13.0. The predicted octanol–water partition coefficient (Wildman–Crippen LogP) is 2.51. The monoisotopic (exact) mass is 233 g/mol. The average molecular weight is 233 g/mol. The Morgan fingerprint density at radius 3 is 2.53 bits per heavy atom. The van der Waals surface area contributed by atoms with Gasteiger partial charge in [0.05, 0.1) is 25.0 Å². The minimum absolute atomic E-state index is 0.348. The van der Waals surface area contributed by atoms with Crippen LogP contribution in [0.4, 0.5) is 5.69 Å². The standard InChI is InChI=1S/C13H15NO3/c1-4-17-13(15)10(2)9-14-11-5-7-12(16-3)8-6-11/h5-8H,4H2,1-3H3. The fourth-order valence-electron chi connectivity index (χ4n) is 1.09. The lowest BCUT2D eigenvalue weighted by Gasteiger charge is -1.98. The molecule has 0 radical (unpaired) electrons. The third-order valence-corrected chi connectivity index (χ3v) is 2.01. The van der Waals surface area contributed by atoms with Crippen molar-refractivity contribution in [3.05, 3.63) is 29.8 Å². The normalized spacial score (nSPS) is 9.12. The van der Waals surface area contributed by atoms with Crippen LogP contribution in [-0.2, 0) is 9.53 Å². The Morgan fingerprint density at radius 2 is 2.00 bits per heavy atom. The number of ether oxygens (including phenoxy) is 2. The molecule has 0 aromatic heterocycles. The van der Waals surface area contributed by atoms with Gasteiger partial charge in [0, 0.05) is 0 Å². The van der Waals surface area contributed by atoms with Crippen LogP contribution in [0.3, 0.4) is 0 Å². The average Bonchev–Trinajstić information content (AvgIpc) is 2.36. The molecule has 0 fully saturated rings. The lowest BCUT2D eigenvalue weighted by atomic mass is 10.3. The third-order valence-electron chi connectivity index (χ3n) is 2.01. The number of carbonyl (C=O) groups excluding carboxylic acids is 1. The summed E-state index contributed by atoms with van der Waals surface area (Å²) in [7, 11) is 1.60. The molecule has 1 aromatic carbocycles. The van der Waals surface area contributed by atoms with E-state index in [-0.39, 0.29) is 0 Å². The second-order valence-corrected chi connectivity index (χ2v) is 3.27. The largest absolute Gasteiger partial charge is 0.497 e. The molecule has 0 aliphatic carbocycles. The summed E-state index contributed by atoms with van der Waals surface area (Å²) < 4.78 is 9.83. The molecule has 1 rings (SSSR count). The van der Waals surface area contributed by atoms with Crippen molar-refractivity contribution in [3.8, 4) is 5.75 Å². The van der Waals surface area contributed by atoms with Crippen LogP contribution in [-0.4, -0.2) is 25.6 Å². The Kier molecular flexibility index (Phi) is 4.98. The highest BCUT2D eigenvalue weighted by Gasteiger charge is 2.02.